The van der Waals surface area contributed by atoms with Crippen LogP contribution in [-0.2, 0) is 0 Å². The number of aromatic hydroxyl groups is 1. The molecule has 4 nitrogen and oxygen atoms in total. The molecule has 1 atom stereocenters. The lowest BCUT2D eigenvalue weighted by atomic mass is 9.98. The third-order valence-corrected chi connectivity index (χ3v) is 4.79. The fourth-order valence-corrected chi connectivity index (χ4v) is 3.32. The summed E-state index contributed by atoms with van der Waals surface area (Å²) in [6.07, 6.45) is 3.85. The SMILES string of the molecule is COc1cc([C@@H](CC2CC2)N2CCNCC2)cc(Cl)c1O.Cl.Cl. The molecule has 1 aliphatic carbocycles. The van der Waals surface area contributed by atoms with Crippen LogP contribution < -0.4 is 10.1 Å². The number of ether oxygens (including phenoxy) is 1. The maximum Gasteiger partial charge on any atom is 0.176 e. The van der Waals surface area contributed by atoms with Crippen molar-refractivity contribution in [3.8, 4) is 11.5 Å². The molecule has 0 unspecified atom stereocenters. The number of halogens is 3. The monoisotopic (exact) mass is 382 g/mol. The molecule has 1 saturated carbocycles. The second-order valence-corrected chi connectivity index (χ2v) is 6.44. The van der Waals surface area contributed by atoms with Gasteiger partial charge in [-0.25, -0.2) is 0 Å². The van der Waals surface area contributed by atoms with Gasteiger partial charge < -0.3 is 15.2 Å². The highest BCUT2D eigenvalue weighted by Gasteiger charge is 2.31. The smallest absolute Gasteiger partial charge is 0.176 e. The first-order valence-electron chi connectivity index (χ1n) is 7.70. The number of phenolic OH excluding ortho intramolecular Hbond substituents is 1. The van der Waals surface area contributed by atoms with Gasteiger partial charge in [-0.1, -0.05) is 24.4 Å². The summed E-state index contributed by atoms with van der Waals surface area (Å²) in [6, 6.07) is 4.21. The standard InChI is InChI=1S/C16H23ClN2O2.2ClH/c1-21-15-10-12(9-13(17)16(15)20)14(8-11-2-3-11)19-6-4-18-5-7-19;;/h9-11,14,18,20H,2-8H2,1H3;2*1H/t14-;;/m1../s1. The van der Waals surface area contributed by atoms with Crippen molar-refractivity contribution in [2.45, 2.75) is 25.3 Å². The number of methoxy groups -OCH3 is 1. The number of hydrogen-bond acceptors (Lipinski definition) is 4. The van der Waals surface area contributed by atoms with Crippen LogP contribution in [0.1, 0.15) is 30.9 Å². The molecule has 0 amide bonds. The molecule has 0 bridgehead atoms. The number of piperazine rings is 1. The van der Waals surface area contributed by atoms with Crippen LogP contribution in [0.4, 0.5) is 0 Å². The predicted molar refractivity (Wildman–Crippen MR) is 98.7 cm³/mol. The Hall–Kier alpha value is -0.390. The van der Waals surface area contributed by atoms with E-state index in [2.05, 4.69) is 10.2 Å². The Balaban J connectivity index is 0.00000132. The van der Waals surface area contributed by atoms with Crippen LogP contribution >= 0.6 is 36.4 Å². The van der Waals surface area contributed by atoms with Crippen molar-refractivity contribution in [3.05, 3.63) is 22.7 Å². The molecule has 23 heavy (non-hydrogen) atoms. The first-order valence-corrected chi connectivity index (χ1v) is 8.08. The van der Waals surface area contributed by atoms with Gasteiger partial charge in [0.15, 0.2) is 11.5 Å². The Morgan fingerprint density at radius 1 is 1.30 bits per heavy atom. The Bertz CT molecular complexity index is 506. The maximum atomic E-state index is 9.93. The second-order valence-electron chi connectivity index (χ2n) is 6.03. The number of hydrogen-bond donors (Lipinski definition) is 2. The summed E-state index contributed by atoms with van der Waals surface area (Å²) in [5.74, 6) is 1.34. The van der Waals surface area contributed by atoms with E-state index in [9.17, 15) is 5.11 Å². The highest BCUT2D eigenvalue weighted by molar-refractivity contribution is 6.32. The molecule has 0 radical (unpaired) electrons. The lowest BCUT2D eigenvalue weighted by molar-refractivity contribution is 0.160. The molecular formula is C16H25Cl3N2O2. The van der Waals surface area contributed by atoms with Gasteiger partial charge in [0.1, 0.15) is 0 Å². The number of benzene rings is 1. The van der Waals surface area contributed by atoms with Crippen LogP contribution in [0.15, 0.2) is 12.1 Å². The Labute approximate surface area is 155 Å². The van der Waals surface area contributed by atoms with E-state index in [0.717, 1.165) is 37.7 Å². The van der Waals surface area contributed by atoms with Gasteiger partial charge in [-0.15, -0.1) is 24.8 Å². The minimum Gasteiger partial charge on any atom is -0.503 e. The fourth-order valence-electron chi connectivity index (χ4n) is 3.10. The molecular weight excluding hydrogens is 359 g/mol. The number of rotatable bonds is 5. The summed E-state index contributed by atoms with van der Waals surface area (Å²) in [5.41, 5.74) is 1.16. The van der Waals surface area contributed by atoms with Crippen LogP contribution in [0.2, 0.25) is 5.02 Å². The predicted octanol–water partition coefficient (Wildman–Crippen LogP) is 3.64. The van der Waals surface area contributed by atoms with Crippen molar-refractivity contribution >= 4 is 36.4 Å². The van der Waals surface area contributed by atoms with E-state index in [4.69, 9.17) is 16.3 Å². The molecule has 2 N–H and O–H groups in total. The summed E-state index contributed by atoms with van der Waals surface area (Å²) in [6.45, 7) is 4.17. The van der Waals surface area contributed by atoms with Gasteiger partial charge in [-0.3, -0.25) is 4.90 Å². The molecule has 132 valence electrons. The number of nitrogens with one attached hydrogen (secondary N) is 1. The normalized spacial score (nSPS) is 19.4. The van der Waals surface area contributed by atoms with E-state index < -0.39 is 0 Å². The average molecular weight is 384 g/mol. The zero-order valence-electron chi connectivity index (χ0n) is 13.3. The topological polar surface area (TPSA) is 44.7 Å². The van der Waals surface area contributed by atoms with Crippen molar-refractivity contribution < 1.29 is 9.84 Å². The van der Waals surface area contributed by atoms with Crippen LogP contribution in [0.25, 0.3) is 0 Å². The lowest BCUT2D eigenvalue weighted by Gasteiger charge is -2.35. The Morgan fingerprint density at radius 2 is 1.96 bits per heavy atom. The third kappa shape index (κ3) is 5.04. The van der Waals surface area contributed by atoms with Gasteiger partial charge in [0, 0.05) is 32.2 Å². The van der Waals surface area contributed by atoms with E-state index in [0.29, 0.717) is 16.8 Å². The second kappa shape index (κ2) is 9.19. The maximum absolute atomic E-state index is 9.93. The van der Waals surface area contributed by atoms with Gasteiger partial charge in [0.2, 0.25) is 0 Å². The van der Waals surface area contributed by atoms with E-state index in [1.54, 1.807) is 7.11 Å². The van der Waals surface area contributed by atoms with E-state index in [1.807, 2.05) is 12.1 Å². The summed E-state index contributed by atoms with van der Waals surface area (Å²) >= 11 is 6.17. The highest BCUT2D eigenvalue weighted by Crippen LogP contribution is 2.43. The largest absolute Gasteiger partial charge is 0.503 e. The molecule has 3 rings (SSSR count). The first kappa shape index (κ1) is 20.7. The lowest BCUT2D eigenvalue weighted by Crippen LogP contribution is -2.45. The molecule has 7 heteroatoms. The van der Waals surface area contributed by atoms with Crippen LogP contribution in [0, 0.1) is 5.92 Å². The molecule has 1 heterocycles. The van der Waals surface area contributed by atoms with Crippen molar-refractivity contribution in [2.24, 2.45) is 5.92 Å². The van der Waals surface area contributed by atoms with Crippen molar-refractivity contribution in [1.29, 1.82) is 0 Å². The van der Waals surface area contributed by atoms with Gasteiger partial charge in [0.25, 0.3) is 0 Å². The van der Waals surface area contributed by atoms with Crippen LogP contribution in [0.5, 0.6) is 11.5 Å². The first-order chi connectivity index (χ1) is 10.2. The molecule has 0 aromatic heterocycles. The molecule has 1 aromatic rings. The van der Waals surface area contributed by atoms with Crippen LogP contribution in [0.3, 0.4) is 0 Å². The summed E-state index contributed by atoms with van der Waals surface area (Å²) in [7, 11) is 1.57. The highest BCUT2D eigenvalue weighted by atomic mass is 35.5. The van der Waals surface area contributed by atoms with Crippen LogP contribution in [-0.4, -0.2) is 43.3 Å². The van der Waals surface area contributed by atoms with Gasteiger partial charge >= 0.3 is 0 Å². The minimum absolute atomic E-state index is 0. The number of phenols is 1. The zero-order chi connectivity index (χ0) is 14.8. The third-order valence-electron chi connectivity index (χ3n) is 4.50. The molecule has 2 fully saturated rings. The zero-order valence-corrected chi connectivity index (χ0v) is 15.6. The summed E-state index contributed by atoms with van der Waals surface area (Å²) in [5, 5.41) is 13.7. The van der Waals surface area contributed by atoms with Crippen molar-refractivity contribution in [3.63, 3.8) is 0 Å². The van der Waals surface area contributed by atoms with E-state index >= 15 is 0 Å². The summed E-state index contributed by atoms with van der Waals surface area (Å²) < 4.78 is 5.26. The van der Waals surface area contributed by atoms with Crippen molar-refractivity contribution in [1.82, 2.24) is 10.2 Å². The van der Waals surface area contributed by atoms with Gasteiger partial charge in [-0.05, 0) is 30.0 Å². The average Bonchev–Trinajstić information content (AvgIpc) is 3.32. The Kier molecular flexibility index (Phi) is 8.25. The molecule has 1 saturated heterocycles. The molecule has 0 spiro atoms. The van der Waals surface area contributed by atoms with E-state index in [-0.39, 0.29) is 30.6 Å². The van der Waals surface area contributed by atoms with Gasteiger partial charge in [-0.2, -0.15) is 0 Å². The summed E-state index contributed by atoms with van der Waals surface area (Å²) in [4.78, 5) is 2.52. The van der Waals surface area contributed by atoms with E-state index in [1.165, 1.54) is 19.3 Å². The molecule has 2 aliphatic rings. The number of nitrogens with zero attached hydrogens (tertiary/aromatic N) is 1. The fraction of sp³-hybridized carbons (Fsp3) is 0.625. The molecule has 1 aliphatic heterocycles. The quantitative estimate of drug-likeness (QED) is 0.815. The molecule has 1 aromatic carbocycles. The Morgan fingerprint density at radius 3 is 2.52 bits per heavy atom. The minimum atomic E-state index is 0. The van der Waals surface area contributed by atoms with Gasteiger partial charge in [0.05, 0.1) is 12.1 Å². The van der Waals surface area contributed by atoms with Crippen molar-refractivity contribution in [2.75, 3.05) is 33.3 Å².